The van der Waals surface area contributed by atoms with Crippen LogP contribution in [0.5, 0.6) is 0 Å². The van der Waals surface area contributed by atoms with E-state index in [4.69, 9.17) is 0 Å². The molecule has 40 heavy (non-hydrogen) atoms. The third-order valence-electron chi connectivity index (χ3n) is 8.50. The molecule has 0 bridgehead atoms. The second kappa shape index (κ2) is 12.0. The molecule has 11 heteroatoms. The van der Waals surface area contributed by atoms with Crippen molar-refractivity contribution in [1.29, 1.82) is 0 Å². The number of nitro groups is 1. The normalized spacial score (nSPS) is 24.0. The Morgan fingerprint density at radius 3 is 2.35 bits per heavy atom. The molecular weight excluding hydrogens is 523 g/mol. The van der Waals surface area contributed by atoms with Crippen LogP contribution in [0.15, 0.2) is 46.5 Å². The summed E-state index contributed by atoms with van der Waals surface area (Å²) in [6.07, 6.45) is 3.31. The van der Waals surface area contributed by atoms with Crippen molar-refractivity contribution in [3.8, 4) is 0 Å². The average Bonchev–Trinajstić information content (AvgIpc) is 3.36. The maximum atomic E-state index is 13.4. The summed E-state index contributed by atoms with van der Waals surface area (Å²) in [6, 6.07) is -0.172. The van der Waals surface area contributed by atoms with Crippen LogP contribution < -0.4 is 5.32 Å². The van der Waals surface area contributed by atoms with Gasteiger partial charge in [0.25, 0.3) is 5.70 Å². The van der Waals surface area contributed by atoms with E-state index in [0.29, 0.717) is 31.8 Å². The van der Waals surface area contributed by atoms with Crippen LogP contribution in [-0.4, -0.2) is 83.6 Å². The van der Waals surface area contributed by atoms with E-state index in [2.05, 4.69) is 48.0 Å². The van der Waals surface area contributed by atoms with E-state index in [1.807, 2.05) is 6.92 Å². The van der Waals surface area contributed by atoms with Gasteiger partial charge in [0.05, 0.1) is 4.92 Å². The van der Waals surface area contributed by atoms with Crippen molar-refractivity contribution >= 4 is 5.91 Å². The van der Waals surface area contributed by atoms with E-state index >= 15 is 0 Å². The Kier molecular flexibility index (Phi) is 9.02. The first-order valence-corrected chi connectivity index (χ1v) is 14.3. The van der Waals surface area contributed by atoms with Gasteiger partial charge in [-0.05, 0) is 43.3 Å². The number of hydrogen-bond acceptors (Lipinski definition) is 6. The highest BCUT2D eigenvalue weighted by atomic mass is 19.4. The summed E-state index contributed by atoms with van der Waals surface area (Å²) in [7, 11) is 0. The Morgan fingerprint density at radius 2 is 1.77 bits per heavy atom. The highest BCUT2D eigenvalue weighted by Gasteiger charge is 2.42. The smallest absolute Gasteiger partial charge is 0.384 e. The molecular formula is C29H42F3N5O3. The number of halogens is 3. The molecule has 1 N–H and O–H groups in total. The predicted octanol–water partition coefficient (Wildman–Crippen LogP) is 4.85. The monoisotopic (exact) mass is 565 g/mol. The summed E-state index contributed by atoms with van der Waals surface area (Å²) < 4.78 is 40.1. The minimum Gasteiger partial charge on any atom is -0.384 e. The van der Waals surface area contributed by atoms with Crippen molar-refractivity contribution in [2.45, 2.75) is 72.0 Å². The largest absolute Gasteiger partial charge is 0.422 e. The number of carbonyl (C=O) groups excluding carboxylic acids is 1. The fraction of sp³-hybridized carbons (Fsp3) is 0.690. The number of amides is 1. The Balaban J connectivity index is 1.24. The van der Waals surface area contributed by atoms with Gasteiger partial charge in [-0.25, -0.2) is 0 Å². The lowest BCUT2D eigenvalue weighted by Crippen LogP contribution is -2.49. The highest BCUT2D eigenvalue weighted by Crippen LogP contribution is 2.36. The molecule has 0 radical (unpaired) electrons. The minimum atomic E-state index is -4.78. The number of nitrogens with zero attached hydrogens (tertiary/aromatic N) is 4. The first-order chi connectivity index (χ1) is 18.7. The molecule has 2 heterocycles. The summed E-state index contributed by atoms with van der Waals surface area (Å²) in [6.45, 7) is 14.1. The minimum absolute atomic E-state index is 0.0608. The lowest BCUT2D eigenvalue weighted by molar-refractivity contribution is -0.430. The van der Waals surface area contributed by atoms with Crippen LogP contribution in [-0.2, 0) is 4.79 Å². The van der Waals surface area contributed by atoms with Crippen molar-refractivity contribution < 1.29 is 22.9 Å². The number of alkyl halides is 3. The van der Waals surface area contributed by atoms with Crippen LogP contribution in [0.1, 0.15) is 59.8 Å². The van der Waals surface area contributed by atoms with Gasteiger partial charge in [0.15, 0.2) is 0 Å². The third kappa shape index (κ3) is 7.27. The third-order valence-corrected chi connectivity index (χ3v) is 8.50. The molecule has 1 amide bonds. The molecule has 222 valence electrons. The van der Waals surface area contributed by atoms with Gasteiger partial charge in [-0.15, -0.1) is 0 Å². The molecule has 2 saturated heterocycles. The summed E-state index contributed by atoms with van der Waals surface area (Å²) in [5.41, 5.74) is 1.44. The molecule has 0 aromatic carbocycles. The van der Waals surface area contributed by atoms with Crippen molar-refractivity contribution in [1.82, 2.24) is 20.0 Å². The van der Waals surface area contributed by atoms with Gasteiger partial charge in [0.2, 0.25) is 5.91 Å². The summed E-state index contributed by atoms with van der Waals surface area (Å²) in [5, 5.41) is 14.2. The first-order valence-electron chi connectivity index (χ1n) is 14.3. The fourth-order valence-electron chi connectivity index (χ4n) is 6.12. The number of carbonyl (C=O) groups is 1. The molecule has 0 aromatic rings. The molecule has 0 spiro atoms. The SMILES string of the molecule is CC(CN1CCN(C2=CC=C(C(C)(C)C)CC2)CC1)C(=O)N1CC[C@@H](NC2=CC(C(F)(F)F)=C([N+](=O)[O-])CC2)C1. The first kappa shape index (κ1) is 30.1. The second-order valence-electron chi connectivity index (χ2n) is 12.5. The lowest BCUT2D eigenvalue weighted by Gasteiger charge is -2.39. The molecule has 2 atom stereocenters. The van der Waals surface area contributed by atoms with Crippen LogP contribution in [0.25, 0.3) is 0 Å². The van der Waals surface area contributed by atoms with Gasteiger partial charge in [0.1, 0.15) is 5.57 Å². The maximum Gasteiger partial charge on any atom is 0.422 e. The topological polar surface area (TPSA) is 82.0 Å². The van der Waals surface area contributed by atoms with Crippen LogP contribution >= 0.6 is 0 Å². The Morgan fingerprint density at radius 1 is 1.07 bits per heavy atom. The van der Waals surface area contributed by atoms with Crippen LogP contribution in [0.4, 0.5) is 13.2 Å². The second-order valence-corrected chi connectivity index (χ2v) is 12.5. The predicted molar refractivity (Wildman–Crippen MR) is 148 cm³/mol. The van der Waals surface area contributed by atoms with Gasteiger partial charge in [0, 0.05) is 75.6 Å². The lowest BCUT2D eigenvalue weighted by atomic mass is 9.81. The maximum absolute atomic E-state index is 13.4. The summed E-state index contributed by atoms with van der Waals surface area (Å²) >= 11 is 0. The molecule has 1 unspecified atom stereocenters. The molecule has 2 fully saturated rings. The van der Waals surface area contributed by atoms with Crippen molar-refractivity contribution in [2.75, 3.05) is 45.8 Å². The zero-order valence-electron chi connectivity index (χ0n) is 24.0. The molecule has 2 aliphatic heterocycles. The number of allylic oxidation sites excluding steroid dienone is 8. The van der Waals surface area contributed by atoms with E-state index in [1.54, 1.807) is 4.90 Å². The molecule has 0 aromatic heterocycles. The van der Waals surface area contributed by atoms with Gasteiger partial charge in [-0.2, -0.15) is 13.2 Å². The Hall–Kier alpha value is -2.82. The van der Waals surface area contributed by atoms with Crippen molar-refractivity contribution in [3.05, 3.63) is 56.6 Å². The number of piperazine rings is 1. The van der Waals surface area contributed by atoms with Crippen molar-refractivity contribution in [2.24, 2.45) is 11.3 Å². The Bertz CT molecular complexity index is 1110. The number of hydrogen-bond donors (Lipinski definition) is 1. The molecule has 4 rings (SSSR count). The van der Waals surface area contributed by atoms with Crippen LogP contribution in [0.3, 0.4) is 0 Å². The molecule has 2 aliphatic carbocycles. The summed E-state index contributed by atoms with van der Waals surface area (Å²) in [5.74, 6) is -0.113. The van der Waals surface area contributed by atoms with Gasteiger partial charge < -0.3 is 15.1 Å². The van der Waals surface area contributed by atoms with E-state index in [0.717, 1.165) is 45.1 Å². The molecule has 4 aliphatic rings. The number of likely N-dealkylation sites (tertiary alicyclic amines) is 1. The van der Waals surface area contributed by atoms with E-state index in [1.165, 1.54) is 11.3 Å². The standard InChI is InChI=1S/C29H42F3N5O3/c1-20(18-34-13-15-35(16-14-34)24-8-5-21(6-9-24)28(2,3)4)27(38)36-12-11-23(19-36)33-22-7-10-26(37(39)40)25(17-22)29(30,31)32/h5,8,17,20,23,33H,6-7,9-16,18-19H2,1-4H3/t20?,23-/m1/s1. The van der Waals surface area contributed by atoms with Gasteiger partial charge in [-0.3, -0.25) is 19.8 Å². The quantitative estimate of drug-likeness (QED) is 0.351. The number of nitrogens with one attached hydrogen (secondary N) is 1. The Labute approximate surface area is 234 Å². The highest BCUT2D eigenvalue weighted by molar-refractivity contribution is 5.79. The van der Waals surface area contributed by atoms with E-state index < -0.39 is 22.4 Å². The molecule has 0 saturated carbocycles. The fourth-order valence-corrected chi connectivity index (χ4v) is 6.12. The van der Waals surface area contributed by atoms with Crippen LogP contribution in [0.2, 0.25) is 0 Å². The van der Waals surface area contributed by atoms with Crippen molar-refractivity contribution in [3.63, 3.8) is 0 Å². The van der Waals surface area contributed by atoms with E-state index in [9.17, 15) is 28.1 Å². The van der Waals surface area contributed by atoms with E-state index in [-0.39, 0.29) is 36.1 Å². The zero-order chi connectivity index (χ0) is 29.2. The zero-order valence-corrected chi connectivity index (χ0v) is 24.0. The summed E-state index contributed by atoms with van der Waals surface area (Å²) in [4.78, 5) is 29.9. The van der Waals surface area contributed by atoms with Crippen LogP contribution in [0, 0.1) is 21.4 Å². The van der Waals surface area contributed by atoms with Gasteiger partial charge in [-0.1, -0.05) is 39.3 Å². The van der Waals surface area contributed by atoms with Gasteiger partial charge >= 0.3 is 6.18 Å². The average molecular weight is 566 g/mol. The number of rotatable bonds is 7. The molecule has 8 nitrogen and oxygen atoms in total.